The lowest BCUT2D eigenvalue weighted by Gasteiger charge is -2.04. The van der Waals surface area contributed by atoms with Crippen LogP contribution in [0.4, 0.5) is 0 Å². The number of aromatic nitrogens is 4. The molecule has 68 valence electrons. The number of hydrogen-bond donors (Lipinski definition) is 0. The lowest BCUT2D eigenvalue weighted by Crippen LogP contribution is -2.10. The maximum atomic E-state index is 4.20. The molecule has 5 heteroatoms. The maximum absolute atomic E-state index is 4.20. The molecule has 2 heterocycles. The fraction of sp³-hybridized carbons (Fsp3) is 0.250. The van der Waals surface area contributed by atoms with Gasteiger partial charge in [0.15, 0.2) is 0 Å². The summed E-state index contributed by atoms with van der Waals surface area (Å²) >= 11 is 1.68. The fourth-order valence-corrected chi connectivity index (χ4v) is 1.63. The molecule has 4 nitrogen and oxygen atoms in total. The summed E-state index contributed by atoms with van der Waals surface area (Å²) in [5, 5.41) is 9.46. The molecule has 0 bridgehead atoms. The molecule has 0 amide bonds. The Balaban J connectivity index is 2.18. The first kappa shape index (κ1) is 8.37. The SMILES string of the molecule is CSc1ccnn1Cn1cccn1. The summed E-state index contributed by atoms with van der Waals surface area (Å²) in [6.45, 7) is 0.677. The summed E-state index contributed by atoms with van der Waals surface area (Å²) in [6, 6.07) is 3.90. The van der Waals surface area contributed by atoms with Gasteiger partial charge in [-0.1, -0.05) is 0 Å². The summed E-state index contributed by atoms with van der Waals surface area (Å²) in [5.74, 6) is 0. The average molecular weight is 194 g/mol. The number of thioether (sulfide) groups is 1. The molecule has 2 rings (SSSR count). The molecule has 0 aliphatic rings. The minimum absolute atomic E-state index is 0.677. The Morgan fingerprint density at radius 1 is 1.38 bits per heavy atom. The van der Waals surface area contributed by atoms with E-state index < -0.39 is 0 Å². The standard InChI is InChI=1S/C8H10N4S/c1-13-8-3-5-10-12(8)7-11-6-2-4-9-11/h2-6H,7H2,1H3. The second kappa shape index (κ2) is 3.66. The van der Waals surface area contributed by atoms with Crippen LogP contribution >= 0.6 is 11.8 Å². The zero-order valence-corrected chi connectivity index (χ0v) is 8.11. The minimum atomic E-state index is 0.677. The van der Waals surface area contributed by atoms with E-state index in [1.165, 1.54) is 0 Å². The zero-order chi connectivity index (χ0) is 9.10. The van der Waals surface area contributed by atoms with Crippen molar-refractivity contribution in [2.24, 2.45) is 0 Å². The summed E-state index contributed by atoms with van der Waals surface area (Å²) in [6.07, 6.45) is 7.53. The maximum Gasteiger partial charge on any atom is 0.134 e. The van der Waals surface area contributed by atoms with Crippen molar-refractivity contribution in [3.63, 3.8) is 0 Å². The minimum Gasteiger partial charge on any atom is -0.251 e. The highest BCUT2D eigenvalue weighted by Gasteiger charge is 2.00. The van der Waals surface area contributed by atoms with Crippen molar-refractivity contribution in [2.75, 3.05) is 6.26 Å². The molecule has 0 saturated heterocycles. The van der Waals surface area contributed by atoms with E-state index in [1.807, 2.05) is 33.9 Å². The van der Waals surface area contributed by atoms with Gasteiger partial charge in [0.25, 0.3) is 0 Å². The highest BCUT2D eigenvalue weighted by atomic mass is 32.2. The predicted octanol–water partition coefficient (Wildman–Crippen LogP) is 1.31. The largest absolute Gasteiger partial charge is 0.251 e. The summed E-state index contributed by atoms with van der Waals surface area (Å²) < 4.78 is 3.75. The predicted molar refractivity (Wildman–Crippen MR) is 51.6 cm³/mol. The monoisotopic (exact) mass is 194 g/mol. The van der Waals surface area contributed by atoms with Gasteiger partial charge in [0.05, 0.1) is 11.2 Å². The first-order valence-corrected chi connectivity index (χ1v) is 5.16. The van der Waals surface area contributed by atoms with Crippen molar-refractivity contribution in [1.82, 2.24) is 19.6 Å². The summed E-state index contributed by atoms with van der Waals surface area (Å²) in [5.41, 5.74) is 0. The van der Waals surface area contributed by atoms with E-state index in [4.69, 9.17) is 0 Å². The van der Waals surface area contributed by atoms with Gasteiger partial charge in [-0.05, 0) is 18.4 Å². The van der Waals surface area contributed by atoms with Crippen molar-refractivity contribution in [2.45, 2.75) is 11.7 Å². The number of nitrogens with zero attached hydrogens (tertiary/aromatic N) is 4. The third-order valence-electron chi connectivity index (χ3n) is 1.72. The summed E-state index contributed by atoms with van der Waals surface area (Å²) in [4.78, 5) is 0. The van der Waals surface area contributed by atoms with E-state index >= 15 is 0 Å². The van der Waals surface area contributed by atoms with E-state index in [2.05, 4.69) is 10.2 Å². The Morgan fingerprint density at radius 2 is 2.31 bits per heavy atom. The third kappa shape index (κ3) is 1.75. The van der Waals surface area contributed by atoms with Crippen molar-refractivity contribution >= 4 is 11.8 Å². The van der Waals surface area contributed by atoms with Gasteiger partial charge in [-0.2, -0.15) is 10.2 Å². The molecule has 13 heavy (non-hydrogen) atoms. The van der Waals surface area contributed by atoms with Gasteiger partial charge >= 0.3 is 0 Å². The fourth-order valence-electron chi connectivity index (χ4n) is 1.12. The topological polar surface area (TPSA) is 35.6 Å². The third-order valence-corrected chi connectivity index (χ3v) is 2.49. The first-order chi connectivity index (χ1) is 6.40. The molecular formula is C8H10N4S. The number of rotatable bonds is 3. The van der Waals surface area contributed by atoms with Crippen LogP contribution < -0.4 is 0 Å². The molecule has 0 radical (unpaired) electrons. The first-order valence-electron chi connectivity index (χ1n) is 3.93. The molecule has 0 atom stereocenters. The number of hydrogen-bond acceptors (Lipinski definition) is 3. The van der Waals surface area contributed by atoms with E-state index in [1.54, 1.807) is 24.2 Å². The Labute approximate surface area is 80.6 Å². The van der Waals surface area contributed by atoms with Gasteiger partial charge in [-0.15, -0.1) is 11.8 Å². The Kier molecular flexibility index (Phi) is 2.35. The van der Waals surface area contributed by atoms with Gasteiger partial charge < -0.3 is 0 Å². The smallest absolute Gasteiger partial charge is 0.134 e. The van der Waals surface area contributed by atoms with Crippen LogP contribution in [0.2, 0.25) is 0 Å². The second-order valence-electron chi connectivity index (χ2n) is 2.56. The van der Waals surface area contributed by atoms with Crippen LogP contribution in [-0.4, -0.2) is 25.8 Å². The molecular weight excluding hydrogens is 184 g/mol. The van der Waals surface area contributed by atoms with E-state index in [-0.39, 0.29) is 0 Å². The average Bonchev–Trinajstić information content (AvgIpc) is 2.76. The molecule has 0 aliphatic heterocycles. The molecule has 2 aromatic heterocycles. The second-order valence-corrected chi connectivity index (χ2v) is 3.39. The normalized spacial score (nSPS) is 10.5. The van der Waals surface area contributed by atoms with Gasteiger partial charge in [-0.3, -0.25) is 4.68 Å². The molecule has 0 N–H and O–H groups in total. The van der Waals surface area contributed by atoms with Crippen LogP contribution in [0.3, 0.4) is 0 Å². The Bertz CT molecular complexity index is 365. The quantitative estimate of drug-likeness (QED) is 0.691. The Hall–Kier alpha value is -1.23. The van der Waals surface area contributed by atoms with Crippen LogP contribution in [0.5, 0.6) is 0 Å². The lowest BCUT2D eigenvalue weighted by atomic mass is 10.7. The van der Waals surface area contributed by atoms with Crippen molar-refractivity contribution in [3.05, 3.63) is 30.7 Å². The van der Waals surface area contributed by atoms with Crippen LogP contribution in [0.25, 0.3) is 0 Å². The van der Waals surface area contributed by atoms with Gasteiger partial charge in [-0.25, -0.2) is 4.68 Å². The van der Waals surface area contributed by atoms with Crippen LogP contribution in [0, 0.1) is 0 Å². The Morgan fingerprint density at radius 3 is 3.00 bits per heavy atom. The van der Waals surface area contributed by atoms with Crippen molar-refractivity contribution in [1.29, 1.82) is 0 Å². The van der Waals surface area contributed by atoms with E-state index in [0.29, 0.717) is 6.67 Å². The van der Waals surface area contributed by atoms with E-state index in [9.17, 15) is 0 Å². The van der Waals surface area contributed by atoms with Crippen LogP contribution in [-0.2, 0) is 6.67 Å². The van der Waals surface area contributed by atoms with Crippen LogP contribution in [0.15, 0.2) is 35.7 Å². The lowest BCUT2D eigenvalue weighted by molar-refractivity contribution is 0.474. The van der Waals surface area contributed by atoms with Gasteiger partial charge in [0.2, 0.25) is 0 Å². The van der Waals surface area contributed by atoms with Gasteiger partial charge in [0.1, 0.15) is 6.67 Å². The molecule has 2 aromatic rings. The van der Waals surface area contributed by atoms with Gasteiger partial charge in [0, 0.05) is 12.4 Å². The molecule has 0 saturated carbocycles. The zero-order valence-electron chi connectivity index (χ0n) is 7.29. The molecule has 0 fully saturated rings. The molecule has 0 aromatic carbocycles. The highest BCUT2D eigenvalue weighted by Crippen LogP contribution is 2.12. The highest BCUT2D eigenvalue weighted by molar-refractivity contribution is 7.98. The molecule has 0 spiro atoms. The molecule has 0 unspecified atom stereocenters. The van der Waals surface area contributed by atoms with Crippen LogP contribution in [0.1, 0.15) is 0 Å². The van der Waals surface area contributed by atoms with E-state index in [0.717, 1.165) is 5.03 Å². The van der Waals surface area contributed by atoms with Crippen molar-refractivity contribution in [3.8, 4) is 0 Å². The van der Waals surface area contributed by atoms with Crippen molar-refractivity contribution < 1.29 is 0 Å². The summed E-state index contributed by atoms with van der Waals surface area (Å²) in [7, 11) is 0. The molecule has 0 aliphatic carbocycles.